The molecule has 3 aromatic rings. The van der Waals surface area contributed by atoms with Crippen LogP contribution in [-0.4, -0.2) is 36.5 Å². The summed E-state index contributed by atoms with van der Waals surface area (Å²) in [5.41, 5.74) is 4.50. The van der Waals surface area contributed by atoms with Crippen molar-refractivity contribution < 1.29 is 14.7 Å². The van der Waals surface area contributed by atoms with Crippen molar-refractivity contribution in [2.45, 2.75) is 33.9 Å². The number of nitrogens with one attached hydrogen (secondary N) is 1. The maximum absolute atomic E-state index is 12.3. The largest absolute Gasteiger partial charge is 0.476 e. The summed E-state index contributed by atoms with van der Waals surface area (Å²) in [6.45, 7) is 6.35. The van der Waals surface area contributed by atoms with Crippen LogP contribution >= 0.6 is 0 Å². The fourth-order valence-corrected chi connectivity index (χ4v) is 2.87. The van der Waals surface area contributed by atoms with Crippen LogP contribution in [-0.2, 0) is 17.9 Å². The summed E-state index contributed by atoms with van der Waals surface area (Å²) < 4.78 is 3.16. The van der Waals surface area contributed by atoms with E-state index in [1.807, 2.05) is 30.7 Å². The Hall–Kier alpha value is -3.42. The van der Waals surface area contributed by atoms with Crippen molar-refractivity contribution in [2.24, 2.45) is 0 Å². The number of aromatic carboxylic acids is 1. The number of carboxylic acid groups (broad SMARTS) is 1. The molecule has 140 valence electrons. The SMILES string of the molecule is Cc1ccccc1Cn1nc(C)c(NC(=O)Cn2ccc(C(=O)O)n2)c1C. The number of carboxylic acids is 1. The van der Waals surface area contributed by atoms with Gasteiger partial charge in [0.25, 0.3) is 0 Å². The van der Waals surface area contributed by atoms with Crippen molar-refractivity contribution in [1.29, 1.82) is 0 Å². The first-order valence-corrected chi connectivity index (χ1v) is 8.50. The van der Waals surface area contributed by atoms with Crippen LogP contribution in [0.3, 0.4) is 0 Å². The van der Waals surface area contributed by atoms with Gasteiger partial charge < -0.3 is 10.4 Å². The van der Waals surface area contributed by atoms with Crippen LogP contribution in [0, 0.1) is 20.8 Å². The highest BCUT2D eigenvalue weighted by Crippen LogP contribution is 2.21. The van der Waals surface area contributed by atoms with Crippen LogP contribution in [0.25, 0.3) is 0 Å². The molecule has 0 atom stereocenters. The molecule has 1 aromatic carbocycles. The van der Waals surface area contributed by atoms with E-state index < -0.39 is 5.97 Å². The van der Waals surface area contributed by atoms with Gasteiger partial charge in [0.1, 0.15) is 6.54 Å². The van der Waals surface area contributed by atoms with Gasteiger partial charge in [0, 0.05) is 6.20 Å². The molecule has 0 saturated heterocycles. The molecule has 0 unspecified atom stereocenters. The molecule has 1 amide bonds. The Balaban J connectivity index is 1.73. The molecule has 3 rings (SSSR count). The second kappa shape index (κ2) is 7.45. The Kier molecular flexibility index (Phi) is 5.07. The Morgan fingerprint density at radius 2 is 1.85 bits per heavy atom. The standard InChI is InChI=1S/C19H21N5O3/c1-12-6-4-5-7-15(12)10-24-14(3)18(13(2)21-24)20-17(25)11-23-9-8-16(22-23)19(26)27/h4-9H,10-11H2,1-3H3,(H,20,25)(H,26,27). The number of benzene rings is 1. The Morgan fingerprint density at radius 1 is 1.11 bits per heavy atom. The van der Waals surface area contributed by atoms with Crippen molar-refractivity contribution in [3.63, 3.8) is 0 Å². The molecule has 0 bridgehead atoms. The molecular formula is C19H21N5O3. The predicted molar refractivity (Wildman–Crippen MR) is 99.8 cm³/mol. The van der Waals surface area contributed by atoms with E-state index in [2.05, 4.69) is 34.6 Å². The summed E-state index contributed by atoms with van der Waals surface area (Å²) in [7, 11) is 0. The molecule has 0 saturated carbocycles. The lowest BCUT2D eigenvalue weighted by atomic mass is 10.1. The van der Waals surface area contributed by atoms with Gasteiger partial charge in [-0.1, -0.05) is 24.3 Å². The summed E-state index contributed by atoms with van der Waals surface area (Å²) in [4.78, 5) is 23.2. The minimum absolute atomic E-state index is 0.0743. The van der Waals surface area contributed by atoms with Gasteiger partial charge in [0.05, 0.1) is 23.6 Å². The van der Waals surface area contributed by atoms with E-state index in [4.69, 9.17) is 5.11 Å². The molecule has 27 heavy (non-hydrogen) atoms. The summed E-state index contributed by atoms with van der Waals surface area (Å²) in [6.07, 6.45) is 1.46. The number of anilines is 1. The van der Waals surface area contributed by atoms with E-state index in [1.165, 1.54) is 28.1 Å². The van der Waals surface area contributed by atoms with Crippen LogP contribution in [0.4, 0.5) is 5.69 Å². The van der Waals surface area contributed by atoms with Gasteiger partial charge in [-0.25, -0.2) is 4.79 Å². The molecule has 2 heterocycles. The van der Waals surface area contributed by atoms with E-state index in [0.717, 1.165) is 11.4 Å². The second-order valence-corrected chi connectivity index (χ2v) is 6.38. The lowest BCUT2D eigenvalue weighted by molar-refractivity contribution is -0.116. The number of carbonyl (C=O) groups excluding carboxylic acids is 1. The molecular weight excluding hydrogens is 346 g/mol. The Labute approximate surface area is 156 Å². The average Bonchev–Trinajstić information content (AvgIpc) is 3.17. The fraction of sp³-hybridized carbons (Fsp3) is 0.263. The topological polar surface area (TPSA) is 102 Å². The van der Waals surface area contributed by atoms with E-state index in [1.54, 1.807) is 0 Å². The van der Waals surface area contributed by atoms with Crippen LogP contribution in [0.1, 0.15) is 33.0 Å². The number of aromatic nitrogens is 4. The van der Waals surface area contributed by atoms with Crippen LogP contribution in [0.15, 0.2) is 36.5 Å². The molecule has 2 aromatic heterocycles. The van der Waals surface area contributed by atoms with Crippen molar-refractivity contribution in [3.05, 3.63) is 64.7 Å². The highest BCUT2D eigenvalue weighted by Gasteiger charge is 2.16. The Morgan fingerprint density at radius 3 is 2.52 bits per heavy atom. The average molecular weight is 367 g/mol. The normalized spacial score (nSPS) is 10.8. The maximum atomic E-state index is 12.3. The van der Waals surface area contributed by atoms with E-state index >= 15 is 0 Å². The van der Waals surface area contributed by atoms with Gasteiger partial charge in [-0.15, -0.1) is 0 Å². The van der Waals surface area contributed by atoms with E-state index in [-0.39, 0.29) is 18.1 Å². The van der Waals surface area contributed by atoms with Crippen LogP contribution in [0.5, 0.6) is 0 Å². The molecule has 0 aliphatic heterocycles. The van der Waals surface area contributed by atoms with Crippen LogP contribution < -0.4 is 5.32 Å². The first-order chi connectivity index (χ1) is 12.8. The van der Waals surface area contributed by atoms with Crippen molar-refractivity contribution in [2.75, 3.05) is 5.32 Å². The molecule has 8 heteroatoms. The molecule has 0 aliphatic carbocycles. The summed E-state index contributed by atoms with van der Waals surface area (Å²) in [5, 5.41) is 20.1. The van der Waals surface area contributed by atoms with Crippen molar-refractivity contribution in [1.82, 2.24) is 19.6 Å². The number of aryl methyl sites for hydroxylation is 2. The molecule has 0 aliphatic rings. The van der Waals surface area contributed by atoms with Crippen molar-refractivity contribution >= 4 is 17.6 Å². The van der Waals surface area contributed by atoms with Gasteiger partial charge in [-0.3, -0.25) is 14.2 Å². The quantitative estimate of drug-likeness (QED) is 0.696. The van der Waals surface area contributed by atoms with Crippen molar-refractivity contribution in [3.8, 4) is 0 Å². The van der Waals surface area contributed by atoms with Gasteiger partial charge in [0.15, 0.2) is 5.69 Å². The van der Waals surface area contributed by atoms with Gasteiger partial charge in [0.2, 0.25) is 5.91 Å². The van der Waals surface area contributed by atoms with Gasteiger partial charge in [-0.2, -0.15) is 10.2 Å². The first kappa shape index (κ1) is 18.4. The highest BCUT2D eigenvalue weighted by molar-refractivity contribution is 5.91. The molecule has 0 fully saturated rings. The molecule has 0 spiro atoms. The Bertz CT molecular complexity index is 1000. The lowest BCUT2D eigenvalue weighted by Crippen LogP contribution is -2.20. The monoisotopic (exact) mass is 367 g/mol. The predicted octanol–water partition coefficient (Wildman–Crippen LogP) is 2.39. The summed E-state index contributed by atoms with van der Waals surface area (Å²) >= 11 is 0. The fourth-order valence-electron chi connectivity index (χ4n) is 2.87. The molecule has 8 nitrogen and oxygen atoms in total. The number of carbonyl (C=O) groups is 2. The summed E-state index contributed by atoms with van der Waals surface area (Å²) in [6, 6.07) is 9.45. The second-order valence-electron chi connectivity index (χ2n) is 6.38. The number of nitrogens with zero attached hydrogens (tertiary/aromatic N) is 4. The number of amides is 1. The number of hydrogen-bond acceptors (Lipinski definition) is 4. The molecule has 0 radical (unpaired) electrons. The van der Waals surface area contributed by atoms with Crippen LogP contribution in [0.2, 0.25) is 0 Å². The molecule has 2 N–H and O–H groups in total. The minimum atomic E-state index is -1.13. The smallest absolute Gasteiger partial charge is 0.356 e. The lowest BCUT2D eigenvalue weighted by Gasteiger charge is -2.09. The third-order valence-corrected chi connectivity index (χ3v) is 4.39. The van der Waals surface area contributed by atoms with E-state index in [9.17, 15) is 9.59 Å². The zero-order valence-corrected chi connectivity index (χ0v) is 15.4. The zero-order valence-electron chi connectivity index (χ0n) is 15.4. The minimum Gasteiger partial charge on any atom is -0.476 e. The van der Waals surface area contributed by atoms with Gasteiger partial charge in [-0.05, 0) is 38.0 Å². The third kappa shape index (κ3) is 4.05. The number of rotatable bonds is 6. The zero-order chi connectivity index (χ0) is 19.6. The maximum Gasteiger partial charge on any atom is 0.356 e. The van der Waals surface area contributed by atoms with E-state index in [0.29, 0.717) is 12.2 Å². The van der Waals surface area contributed by atoms with Gasteiger partial charge >= 0.3 is 5.97 Å². The highest BCUT2D eigenvalue weighted by atomic mass is 16.4. The third-order valence-electron chi connectivity index (χ3n) is 4.39. The number of hydrogen-bond donors (Lipinski definition) is 2. The first-order valence-electron chi connectivity index (χ1n) is 8.50. The summed E-state index contributed by atoms with van der Waals surface area (Å²) in [5.74, 6) is -1.42.